The first-order valence-electron chi connectivity index (χ1n) is 6.60. The number of halogens is 1. The minimum absolute atomic E-state index is 0.231. The quantitative estimate of drug-likeness (QED) is 0.891. The molecule has 0 bridgehead atoms. The fraction of sp³-hybridized carbons (Fsp3) is 0.462. The molecular weight excluding hydrogens is 294 g/mol. The van der Waals surface area contributed by atoms with Crippen molar-refractivity contribution in [2.24, 2.45) is 5.92 Å². The zero-order chi connectivity index (χ0) is 14.1. The summed E-state index contributed by atoms with van der Waals surface area (Å²) >= 11 is 7.79. The Balaban J connectivity index is 1.91. The van der Waals surface area contributed by atoms with Crippen molar-refractivity contribution in [1.82, 2.24) is 20.3 Å². The van der Waals surface area contributed by atoms with Crippen LogP contribution in [0.15, 0.2) is 12.4 Å². The topological polar surface area (TPSA) is 76.7 Å². The SMILES string of the molecule is CC1CNCCC1c1ncc(-c2nc(N)ncc2Cl)s1. The third kappa shape index (κ3) is 2.63. The van der Waals surface area contributed by atoms with Crippen molar-refractivity contribution in [1.29, 1.82) is 0 Å². The van der Waals surface area contributed by atoms with E-state index in [-0.39, 0.29) is 5.95 Å². The summed E-state index contributed by atoms with van der Waals surface area (Å²) in [5.74, 6) is 1.33. The Hall–Kier alpha value is -1.24. The minimum atomic E-state index is 0.231. The van der Waals surface area contributed by atoms with Crippen molar-refractivity contribution in [3.8, 4) is 10.6 Å². The van der Waals surface area contributed by atoms with E-state index in [4.69, 9.17) is 17.3 Å². The Morgan fingerprint density at radius 3 is 3.05 bits per heavy atom. The van der Waals surface area contributed by atoms with Crippen LogP contribution in [-0.2, 0) is 0 Å². The number of nitrogens with two attached hydrogens (primary N) is 1. The number of aromatic nitrogens is 3. The van der Waals surface area contributed by atoms with Crippen molar-refractivity contribution < 1.29 is 0 Å². The Bertz CT molecular complexity index is 615. The van der Waals surface area contributed by atoms with Gasteiger partial charge in [0, 0.05) is 12.1 Å². The maximum Gasteiger partial charge on any atom is 0.220 e. The highest BCUT2D eigenvalue weighted by molar-refractivity contribution is 7.15. The van der Waals surface area contributed by atoms with E-state index in [0.717, 1.165) is 29.4 Å². The summed E-state index contributed by atoms with van der Waals surface area (Å²) in [4.78, 5) is 13.6. The molecule has 0 aliphatic carbocycles. The third-order valence-electron chi connectivity index (χ3n) is 3.62. The van der Waals surface area contributed by atoms with Gasteiger partial charge >= 0.3 is 0 Å². The fourth-order valence-electron chi connectivity index (χ4n) is 2.50. The van der Waals surface area contributed by atoms with Crippen LogP contribution < -0.4 is 11.1 Å². The van der Waals surface area contributed by atoms with Crippen molar-refractivity contribution in [2.75, 3.05) is 18.8 Å². The zero-order valence-electron chi connectivity index (χ0n) is 11.1. The molecule has 0 saturated carbocycles. The van der Waals surface area contributed by atoms with Gasteiger partial charge in [-0.15, -0.1) is 11.3 Å². The van der Waals surface area contributed by atoms with E-state index in [9.17, 15) is 0 Å². The molecule has 3 rings (SSSR count). The van der Waals surface area contributed by atoms with Crippen LogP contribution in [0.1, 0.15) is 24.3 Å². The number of hydrogen-bond donors (Lipinski definition) is 2. The minimum Gasteiger partial charge on any atom is -0.368 e. The lowest BCUT2D eigenvalue weighted by atomic mass is 9.88. The third-order valence-corrected chi connectivity index (χ3v) is 5.03. The number of nitrogens with one attached hydrogen (secondary N) is 1. The van der Waals surface area contributed by atoms with Crippen LogP contribution in [0.4, 0.5) is 5.95 Å². The lowest BCUT2D eigenvalue weighted by Gasteiger charge is -2.27. The van der Waals surface area contributed by atoms with Crippen LogP contribution in [0, 0.1) is 5.92 Å². The average molecular weight is 310 g/mol. The molecule has 3 heterocycles. The lowest BCUT2D eigenvalue weighted by molar-refractivity contribution is 0.349. The van der Waals surface area contributed by atoms with Gasteiger partial charge in [0.15, 0.2) is 0 Å². The van der Waals surface area contributed by atoms with E-state index < -0.39 is 0 Å². The van der Waals surface area contributed by atoms with E-state index in [1.807, 2.05) is 6.20 Å². The molecule has 1 saturated heterocycles. The molecule has 0 aromatic carbocycles. The van der Waals surface area contributed by atoms with E-state index in [1.54, 1.807) is 11.3 Å². The summed E-state index contributed by atoms with van der Waals surface area (Å²) in [7, 11) is 0. The molecule has 2 unspecified atom stereocenters. The van der Waals surface area contributed by atoms with Crippen molar-refractivity contribution in [3.05, 3.63) is 22.4 Å². The highest BCUT2D eigenvalue weighted by atomic mass is 35.5. The zero-order valence-corrected chi connectivity index (χ0v) is 12.7. The Morgan fingerprint density at radius 2 is 2.25 bits per heavy atom. The number of anilines is 1. The van der Waals surface area contributed by atoms with Gasteiger partial charge < -0.3 is 11.1 Å². The number of rotatable bonds is 2. The van der Waals surface area contributed by atoms with Gasteiger partial charge in [0.25, 0.3) is 0 Å². The summed E-state index contributed by atoms with van der Waals surface area (Å²) in [6.07, 6.45) is 4.49. The molecule has 106 valence electrons. The first kappa shape index (κ1) is 13.7. The highest BCUT2D eigenvalue weighted by Crippen LogP contribution is 2.37. The molecule has 2 aromatic heterocycles. The number of thiazole rings is 1. The molecule has 0 radical (unpaired) electrons. The molecule has 1 aliphatic rings. The molecule has 1 aliphatic heterocycles. The van der Waals surface area contributed by atoms with Crippen molar-refractivity contribution in [3.63, 3.8) is 0 Å². The maximum absolute atomic E-state index is 6.14. The van der Waals surface area contributed by atoms with Gasteiger partial charge in [0.1, 0.15) is 5.69 Å². The second-order valence-electron chi connectivity index (χ2n) is 5.06. The first-order chi connectivity index (χ1) is 9.65. The van der Waals surface area contributed by atoms with Gasteiger partial charge in [-0.05, 0) is 25.4 Å². The van der Waals surface area contributed by atoms with Crippen molar-refractivity contribution >= 4 is 28.9 Å². The van der Waals surface area contributed by atoms with Gasteiger partial charge in [-0.2, -0.15) is 0 Å². The maximum atomic E-state index is 6.14. The summed E-state index contributed by atoms with van der Waals surface area (Å²) in [6.45, 7) is 4.35. The van der Waals surface area contributed by atoms with Crippen LogP contribution in [0.2, 0.25) is 5.02 Å². The second kappa shape index (κ2) is 5.63. The van der Waals surface area contributed by atoms with Crippen LogP contribution in [-0.4, -0.2) is 28.0 Å². The molecule has 0 amide bonds. The Morgan fingerprint density at radius 1 is 1.40 bits per heavy atom. The summed E-state index contributed by atoms with van der Waals surface area (Å²) in [6, 6.07) is 0. The van der Waals surface area contributed by atoms with Gasteiger partial charge in [-0.25, -0.2) is 15.0 Å². The van der Waals surface area contributed by atoms with Gasteiger partial charge in [0.05, 0.1) is 21.1 Å². The van der Waals surface area contributed by atoms with Gasteiger partial charge in [-0.1, -0.05) is 18.5 Å². The number of nitrogens with zero attached hydrogens (tertiary/aromatic N) is 3. The fourth-order valence-corrected chi connectivity index (χ4v) is 3.94. The van der Waals surface area contributed by atoms with E-state index >= 15 is 0 Å². The molecular formula is C13H16ClN5S. The van der Waals surface area contributed by atoms with Crippen LogP contribution >= 0.6 is 22.9 Å². The molecule has 7 heteroatoms. The standard InChI is InChI=1S/C13H16ClN5S/c1-7-4-16-3-2-8(7)12-17-6-10(20-12)11-9(14)5-18-13(15)19-11/h5-8,16H,2-4H2,1H3,(H2,15,18,19). The smallest absolute Gasteiger partial charge is 0.220 e. The summed E-state index contributed by atoms with van der Waals surface area (Å²) in [5.41, 5.74) is 6.30. The molecule has 0 spiro atoms. The number of hydrogen-bond acceptors (Lipinski definition) is 6. The Kier molecular flexibility index (Phi) is 3.87. The van der Waals surface area contributed by atoms with Gasteiger partial charge in [0.2, 0.25) is 5.95 Å². The number of piperidine rings is 1. The second-order valence-corrected chi connectivity index (χ2v) is 6.53. The average Bonchev–Trinajstić information content (AvgIpc) is 2.91. The number of nitrogen functional groups attached to an aromatic ring is 1. The van der Waals surface area contributed by atoms with Crippen LogP contribution in [0.3, 0.4) is 0 Å². The predicted octanol–water partition coefficient (Wildman–Crippen LogP) is 2.55. The van der Waals surface area contributed by atoms with Gasteiger partial charge in [-0.3, -0.25) is 0 Å². The largest absolute Gasteiger partial charge is 0.368 e. The summed E-state index contributed by atoms with van der Waals surface area (Å²) < 4.78 is 0. The Labute approximate surface area is 126 Å². The molecule has 20 heavy (non-hydrogen) atoms. The van der Waals surface area contributed by atoms with E-state index in [0.29, 0.717) is 22.6 Å². The van der Waals surface area contributed by atoms with Crippen LogP contribution in [0.25, 0.3) is 10.6 Å². The van der Waals surface area contributed by atoms with Crippen LogP contribution in [0.5, 0.6) is 0 Å². The first-order valence-corrected chi connectivity index (χ1v) is 7.79. The molecule has 5 nitrogen and oxygen atoms in total. The highest BCUT2D eigenvalue weighted by Gasteiger charge is 2.25. The molecule has 2 aromatic rings. The molecule has 3 N–H and O–H groups in total. The predicted molar refractivity (Wildman–Crippen MR) is 82.0 cm³/mol. The summed E-state index contributed by atoms with van der Waals surface area (Å²) in [5, 5.41) is 5.07. The normalized spacial score (nSPS) is 22.9. The molecule has 2 atom stereocenters. The molecule has 1 fully saturated rings. The van der Waals surface area contributed by atoms with E-state index in [2.05, 4.69) is 27.2 Å². The van der Waals surface area contributed by atoms with E-state index in [1.165, 1.54) is 6.20 Å². The lowest BCUT2D eigenvalue weighted by Crippen LogP contribution is -2.33. The monoisotopic (exact) mass is 309 g/mol. The van der Waals surface area contributed by atoms with Crippen molar-refractivity contribution in [2.45, 2.75) is 19.3 Å².